The second-order valence-corrected chi connectivity index (χ2v) is 6.15. The lowest BCUT2D eigenvalue weighted by atomic mass is 10.2. The molecule has 0 N–H and O–H groups in total. The largest absolute Gasteiger partial charge is 0.485 e. The van der Waals surface area contributed by atoms with Crippen LogP contribution in [-0.2, 0) is 6.61 Å². The van der Waals surface area contributed by atoms with Crippen molar-refractivity contribution in [3.05, 3.63) is 64.6 Å². The zero-order chi connectivity index (χ0) is 18.0. The van der Waals surface area contributed by atoms with Gasteiger partial charge in [0.15, 0.2) is 11.4 Å². The molecule has 0 atom stereocenters. The molecule has 25 heavy (non-hydrogen) atoms. The summed E-state index contributed by atoms with van der Waals surface area (Å²) in [6, 6.07) is 5.55. The molecule has 2 heterocycles. The van der Waals surface area contributed by atoms with Gasteiger partial charge in [-0.25, -0.2) is 13.8 Å². The van der Waals surface area contributed by atoms with E-state index in [9.17, 15) is 8.78 Å². The smallest absolute Gasteiger partial charge is 0.180 e. The summed E-state index contributed by atoms with van der Waals surface area (Å²) in [6.45, 7) is 3.57. The minimum Gasteiger partial charge on any atom is -0.485 e. The van der Waals surface area contributed by atoms with Crippen molar-refractivity contribution >= 4 is 17.4 Å². The molecule has 0 fully saturated rings. The fourth-order valence-corrected chi connectivity index (χ4v) is 2.73. The third kappa shape index (κ3) is 3.47. The Bertz CT molecular complexity index is 982. The standard InChI is InChI=1S/C19H16F2N2OS/c1-12-9-18(24-11-14-15(20)5-4-6-16(14)21)19-22-13(2)17(7-8-25-3)23(19)10-12/h4-6,9-10H,11H2,1-3H3. The average molecular weight is 358 g/mol. The molecule has 0 aliphatic rings. The van der Waals surface area contributed by atoms with E-state index in [1.807, 2.05) is 30.7 Å². The third-order valence-corrected chi connectivity index (χ3v) is 4.01. The molecular weight excluding hydrogens is 342 g/mol. The normalized spacial score (nSPS) is 10.6. The number of hydrogen-bond donors (Lipinski definition) is 0. The molecular formula is C19H16F2N2OS. The van der Waals surface area contributed by atoms with E-state index < -0.39 is 11.6 Å². The van der Waals surface area contributed by atoms with Crippen molar-refractivity contribution in [1.82, 2.24) is 9.38 Å². The molecule has 0 radical (unpaired) electrons. The van der Waals surface area contributed by atoms with Crippen molar-refractivity contribution in [3.8, 4) is 16.9 Å². The highest BCUT2D eigenvalue weighted by Gasteiger charge is 2.14. The van der Waals surface area contributed by atoms with Crippen LogP contribution in [0.25, 0.3) is 5.65 Å². The number of ether oxygens (including phenoxy) is 1. The lowest BCUT2D eigenvalue weighted by Crippen LogP contribution is -2.03. The molecule has 0 amide bonds. The molecule has 128 valence electrons. The predicted octanol–water partition coefficient (Wildman–Crippen LogP) is 4.48. The maximum absolute atomic E-state index is 13.8. The van der Waals surface area contributed by atoms with E-state index in [2.05, 4.69) is 16.2 Å². The van der Waals surface area contributed by atoms with Crippen molar-refractivity contribution in [2.45, 2.75) is 20.5 Å². The number of aromatic nitrogens is 2. The Morgan fingerprint density at radius 2 is 1.96 bits per heavy atom. The number of hydrogen-bond acceptors (Lipinski definition) is 3. The Morgan fingerprint density at radius 1 is 1.24 bits per heavy atom. The van der Waals surface area contributed by atoms with Gasteiger partial charge in [-0.2, -0.15) is 0 Å². The van der Waals surface area contributed by atoms with Crippen LogP contribution in [0.1, 0.15) is 22.5 Å². The van der Waals surface area contributed by atoms with Gasteiger partial charge in [0.2, 0.25) is 0 Å². The minimum absolute atomic E-state index is 0.104. The summed E-state index contributed by atoms with van der Waals surface area (Å²) in [5.41, 5.74) is 2.95. The first-order chi connectivity index (χ1) is 12.0. The molecule has 0 saturated carbocycles. The van der Waals surface area contributed by atoms with E-state index >= 15 is 0 Å². The van der Waals surface area contributed by atoms with Gasteiger partial charge in [-0.1, -0.05) is 17.8 Å². The van der Waals surface area contributed by atoms with E-state index in [1.54, 1.807) is 6.07 Å². The summed E-state index contributed by atoms with van der Waals surface area (Å²) in [4.78, 5) is 4.50. The summed E-state index contributed by atoms with van der Waals surface area (Å²) in [7, 11) is 0. The molecule has 0 saturated heterocycles. The van der Waals surface area contributed by atoms with Crippen LogP contribution < -0.4 is 4.74 Å². The number of thioether (sulfide) groups is 1. The number of halogens is 2. The quantitative estimate of drug-likeness (QED) is 0.646. The molecule has 3 nitrogen and oxygen atoms in total. The van der Waals surface area contributed by atoms with Gasteiger partial charge in [0.25, 0.3) is 0 Å². The van der Waals surface area contributed by atoms with Gasteiger partial charge in [-0.15, -0.1) is 0 Å². The Kier molecular flexibility index (Phi) is 4.95. The molecule has 3 aromatic rings. The molecule has 0 aliphatic carbocycles. The van der Waals surface area contributed by atoms with Gasteiger partial charge in [0.05, 0.1) is 11.3 Å². The summed E-state index contributed by atoms with van der Waals surface area (Å²) in [5.74, 6) is 2.27. The number of benzene rings is 1. The number of pyridine rings is 1. The summed E-state index contributed by atoms with van der Waals surface area (Å²) < 4.78 is 35.1. The summed E-state index contributed by atoms with van der Waals surface area (Å²) in [6.07, 6.45) is 3.81. The van der Waals surface area contributed by atoms with Crippen LogP contribution in [0.15, 0.2) is 30.5 Å². The average Bonchev–Trinajstić information content (AvgIpc) is 2.88. The molecule has 0 spiro atoms. The first-order valence-corrected chi connectivity index (χ1v) is 8.82. The third-order valence-electron chi connectivity index (χ3n) is 3.70. The van der Waals surface area contributed by atoms with Crippen molar-refractivity contribution in [2.75, 3.05) is 6.26 Å². The number of fused-ring (bicyclic) bond motifs is 1. The highest BCUT2D eigenvalue weighted by atomic mass is 32.2. The van der Waals surface area contributed by atoms with E-state index in [0.717, 1.165) is 17.0 Å². The van der Waals surface area contributed by atoms with Gasteiger partial charge in [-0.05, 0) is 55.0 Å². The van der Waals surface area contributed by atoms with E-state index in [0.29, 0.717) is 11.4 Å². The van der Waals surface area contributed by atoms with Crippen LogP contribution in [0.2, 0.25) is 0 Å². The zero-order valence-corrected chi connectivity index (χ0v) is 14.9. The maximum Gasteiger partial charge on any atom is 0.180 e. The fraction of sp³-hybridized carbons (Fsp3) is 0.211. The van der Waals surface area contributed by atoms with Crippen molar-refractivity contribution in [2.24, 2.45) is 0 Å². The van der Waals surface area contributed by atoms with Crippen molar-refractivity contribution in [3.63, 3.8) is 0 Å². The molecule has 1 aromatic carbocycles. The first kappa shape index (κ1) is 17.3. The van der Waals surface area contributed by atoms with Crippen LogP contribution in [0, 0.1) is 36.7 Å². The SMILES string of the molecule is CSC#Cc1c(C)nc2c(OCc3c(F)cccc3F)cc(C)cn12. The zero-order valence-electron chi connectivity index (χ0n) is 14.1. The van der Waals surface area contributed by atoms with Gasteiger partial charge in [0, 0.05) is 6.20 Å². The van der Waals surface area contributed by atoms with Crippen LogP contribution in [0.4, 0.5) is 8.78 Å². The van der Waals surface area contributed by atoms with Gasteiger partial charge in [-0.3, -0.25) is 4.40 Å². The van der Waals surface area contributed by atoms with Crippen LogP contribution >= 0.6 is 11.8 Å². The Morgan fingerprint density at radius 3 is 2.64 bits per heavy atom. The summed E-state index contributed by atoms with van der Waals surface area (Å²) >= 11 is 1.42. The second kappa shape index (κ2) is 7.16. The van der Waals surface area contributed by atoms with Crippen molar-refractivity contribution < 1.29 is 13.5 Å². The molecule has 6 heteroatoms. The maximum atomic E-state index is 13.8. The molecule has 0 unspecified atom stereocenters. The molecule has 3 rings (SSSR count). The first-order valence-electron chi connectivity index (χ1n) is 7.60. The fourth-order valence-electron chi connectivity index (χ4n) is 2.53. The van der Waals surface area contributed by atoms with Crippen LogP contribution in [-0.4, -0.2) is 15.6 Å². The molecule has 2 aromatic heterocycles. The van der Waals surface area contributed by atoms with Crippen LogP contribution in [0.3, 0.4) is 0 Å². The Labute approximate surface area is 149 Å². The highest BCUT2D eigenvalue weighted by Crippen LogP contribution is 2.25. The number of aryl methyl sites for hydroxylation is 2. The number of nitrogens with zero attached hydrogens (tertiary/aromatic N) is 2. The van der Waals surface area contributed by atoms with E-state index in [4.69, 9.17) is 4.74 Å². The Balaban J connectivity index is 2.02. The van der Waals surface area contributed by atoms with E-state index in [1.165, 1.54) is 30.0 Å². The van der Waals surface area contributed by atoms with Crippen molar-refractivity contribution in [1.29, 1.82) is 0 Å². The lowest BCUT2D eigenvalue weighted by Gasteiger charge is -2.10. The molecule has 0 aliphatic heterocycles. The lowest BCUT2D eigenvalue weighted by molar-refractivity contribution is 0.294. The minimum atomic E-state index is -0.630. The Hall–Kier alpha value is -2.52. The second-order valence-electron chi connectivity index (χ2n) is 5.54. The highest BCUT2D eigenvalue weighted by molar-refractivity contribution is 8.03. The van der Waals surface area contributed by atoms with E-state index in [-0.39, 0.29) is 12.2 Å². The molecule has 0 bridgehead atoms. The summed E-state index contributed by atoms with van der Waals surface area (Å²) in [5, 5.41) is 2.96. The topological polar surface area (TPSA) is 26.5 Å². The van der Waals surface area contributed by atoms with Gasteiger partial charge < -0.3 is 4.74 Å². The van der Waals surface area contributed by atoms with Gasteiger partial charge in [0.1, 0.15) is 23.9 Å². The monoisotopic (exact) mass is 358 g/mol. The number of imidazole rings is 1. The van der Waals surface area contributed by atoms with Crippen LogP contribution in [0.5, 0.6) is 5.75 Å². The van der Waals surface area contributed by atoms with Gasteiger partial charge >= 0.3 is 0 Å². The predicted molar refractivity (Wildman–Crippen MR) is 95.7 cm³/mol. The number of rotatable bonds is 3.